The quantitative estimate of drug-likeness (QED) is 0.695. The third-order valence-corrected chi connectivity index (χ3v) is 2.73. The van der Waals surface area contributed by atoms with Crippen molar-refractivity contribution in [3.05, 3.63) is 35.4 Å². The van der Waals surface area contributed by atoms with Crippen molar-refractivity contribution in [3.8, 4) is 0 Å². The van der Waals surface area contributed by atoms with E-state index in [1.165, 1.54) is 6.07 Å². The lowest BCUT2D eigenvalue weighted by Gasteiger charge is -1.99. The van der Waals surface area contributed by atoms with Crippen LogP contribution in [0.15, 0.2) is 18.2 Å². The van der Waals surface area contributed by atoms with Gasteiger partial charge in [-0.05, 0) is 41.6 Å². The molecule has 0 spiro atoms. The molecule has 1 aliphatic carbocycles. The molecule has 4 heteroatoms. The van der Waals surface area contributed by atoms with Crippen molar-refractivity contribution in [3.63, 3.8) is 0 Å². The van der Waals surface area contributed by atoms with Crippen molar-refractivity contribution in [2.75, 3.05) is 0 Å². The first-order valence-electron chi connectivity index (χ1n) is 4.24. The Morgan fingerprint density at radius 1 is 1.36 bits per heavy atom. The molecule has 0 saturated heterocycles. The average molecular weight is 217 g/mol. The van der Waals surface area contributed by atoms with E-state index in [9.17, 15) is 13.6 Å². The largest absolute Gasteiger partial charge is 0.281 e. The minimum atomic E-state index is -0.879. The topological polar surface area (TPSA) is 17.1 Å². The van der Waals surface area contributed by atoms with Crippen LogP contribution in [0.2, 0.25) is 0 Å². The summed E-state index contributed by atoms with van der Waals surface area (Å²) in [5.74, 6) is -2.00. The van der Waals surface area contributed by atoms with Gasteiger partial charge in [0.2, 0.25) is 5.24 Å². The van der Waals surface area contributed by atoms with Gasteiger partial charge >= 0.3 is 0 Å². The number of hydrogen-bond donors (Lipinski definition) is 0. The fourth-order valence-corrected chi connectivity index (χ4v) is 1.80. The number of rotatable bonds is 2. The zero-order valence-electron chi connectivity index (χ0n) is 7.14. The van der Waals surface area contributed by atoms with Gasteiger partial charge in [0.25, 0.3) is 0 Å². The highest BCUT2D eigenvalue weighted by Crippen LogP contribution is 2.48. The molecule has 14 heavy (non-hydrogen) atoms. The normalized spacial score (nSPS) is 24.8. The Hall–Kier alpha value is -0.960. The van der Waals surface area contributed by atoms with Crippen molar-refractivity contribution in [2.45, 2.75) is 12.3 Å². The fourth-order valence-electron chi connectivity index (χ4n) is 1.56. The smallest absolute Gasteiger partial charge is 0.225 e. The first kappa shape index (κ1) is 9.59. The number of benzene rings is 1. The van der Waals surface area contributed by atoms with E-state index in [4.69, 9.17) is 11.6 Å². The van der Waals surface area contributed by atoms with E-state index in [-0.39, 0.29) is 11.8 Å². The van der Waals surface area contributed by atoms with Gasteiger partial charge < -0.3 is 0 Å². The van der Waals surface area contributed by atoms with Crippen LogP contribution in [0.25, 0.3) is 0 Å². The molecule has 1 aliphatic rings. The molecule has 0 aliphatic heterocycles. The van der Waals surface area contributed by atoms with Crippen LogP contribution in [-0.2, 0) is 4.79 Å². The van der Waals surface area contributed by atoms with E-state index in [2.05, 4.69) is 0 Å². The molecule has 1 aromatic carbocycles. The molecule has 0 bridgehead atoms. The molecule has 0 N–H and O–H groups in total. The summed E-state index contributed by atoms with van der Waals surface area (Å²) in [4.78, 5) is 10.7. The van der Waals surface area contributed by atoms with Gasteiger partial charge in [-0.25, -0.2) is 8.78 Å². The zero-order valence-corrected chi connectivity index (χ0v) is 7.89. The van der Waals surface area contributed by atoms with Crippen molar-refractivity contribution in [2.24, 2.45) is 5.92 Å². The number of carbonyl (C=O) groups excluding carboxylic acids is 1. The molecule has 2 atom stereocenters. The molecule has 1 aromatic rings. The van der Waals surface area contributed by atoms with Gasteiger partial charge in [-0.1, -0.05) is 6.07 Å². The first-order chi connectivity index (χ1) is 6.59. The van der Waals surface area contributed by atoms with Gasteiger partial charge in [0, 0.05) is 5.92 Å². The fraction of sp³-hybridized carbons (Fsp3) is 0.300. The van der Waals surface area contributed by atoms with Gasteiger partial charge in [0.05, 0.1) is 0 Å². The van der Waals surface area contributed by atoms with Crippen LogP contribution in [0.5, 0.6) is 0 Å². The molecule has 2 rings (SSSR count). The third-order valence-electron chi connectivity index (χ3n) is 2.45. The maximum Gasteiger partial charge on any atom is 0.225 e. The maximum absolute atomic E-state index is 12.8. The molecule has 1 fully saturated rings. The van der Waals surface area contributed by atoms with E-state index in [0.29, 0.717) is 12.0 Å². The predicted octanol–water partition coefficient (Wildman–Crippen LogP) is 2.83. The lowest BCUT2D eigenvalue weighted by Crippen LogP contribution is -1.93. The summed E-state index contributed by atoms with van der Waals surface area (Å²) in [6.45, 7) is 0. The van der Waals surface area contributed by atoms with Crippen LogP contribution >= 0.6 is 11.6 Å². The monoisotopic (exact) mass is 216 g/mol. The average Bonchev–Trinajstić information content (AvgIpc) is 2.89. The summed E-state index contributed by atoms with van der Waals surface area (Å²) < 4.78 is 25.4. The van der Waals surface area contributed by atoms with Gasteiger partial charge in [0.15, 0.2) is 11.6 Å². The Morgan fingerprint density at radius 3 is 2.57 bits per heavy atom. The number of hydrogen-bond acceptors (Lipinski definition) is 1. The standard InChI is InChI=1S/C10H7ClF2O/c11-10(14)7-4-6(7)5-1-2-8(12)9(13)3-5/h1-3,6-7H,4H2. The summed E-state index contributed by atoms with van der Waals surface area (Å²) in [6.07, 6.45) is 0.632. The van der Waals surface area contributed by atoms with Crippen LogP contribution < -0.4 is 0 Å². The summed E-state index contributed by atoms with van der Waals surface area (Å²) in [5, 5.41) is -0.403. The number of halogens is 3. The van der Waals surface area contributed by atoms with Crippen LogP contribution in [0, 0.1) is 17.6 Å². The van der Waals surface area contributed by atoms with Crippen molar-refractivity contribution in [1.29, 1.82) is 0 Å². The minimum Gasteiger partial charge on any atom is -0.281 e. The Kier molecular flexibility index (Phi) is 2.27. The molecule has 1 nitrogen and oxygen atoms in total. The second kappa shape index (κ2) is 3.31. The van der Waals surface area contributed by atoms with Gasteiger partial charge in [0.1, 0.15) is 0 Å². The van der Waals surface area contributed by atoms with Crippen molar-refractivity contribution in [1.82, 2.24) is 0 Å². The lowest BCUT2D eigenvalue weighted by molar-refractivity contribution is -0.112. The maximum atomic E-state index is 12.8. The van der Waals surface area contributed by atoms with Crippen molar-refractivity contribution >= 4 is 16.8 Å². The summed E-state index contributed by atoms with van der Waals surface area (Å²) in [5.41, 5.74) is 0.642. The Bertz CT molecular complexity index is 392. The molecule has 1 saturated carbocycles. The van der Waals surface area contributed by atoms with E-state index < -0.39 is 16.9 Å². The SMILES string of the molecule is O=C(Cl)C1CC1c1ccc(F)c(F)c1. The highest BCUT2D eigenvalue weighted by molar-refractivity contribution is 6.64. The van der Waals surface area contributed by atoms with E-state index in [0.717, 1.165) is 12.1 Å². The molecule has 2 unspecified atom stereocenters. The highest BCUT2D eigenvalue weighted by Gasteiger charge is 2.43. The van der Waals surface area contributed by atoms with Crippen LogP contribution in [0.1, 0.15) is 17.9 Å². The molecule has 0 amide bonds. The molecular formula is C10H7ClF2O. The summed E-state index contributed by atoms with van der Waals surface area (Å²) in [7, 11) is 0. The second-order valence-electron chi connectivity index (χ2n) is 3.43. The van der Waals surface area contributed by atoms with Gasteiger partial charge in [-0.15, -0.1) is 0 Å². The third kappa shape index (κ3) is 1.64. The minimum absolute atomic E-state index is 0.0323. The Labute approximate surface area is 84.7 Å². The first-order valence-corrected chi connectivity index (χ1v) is 4.61. The summed E-state index contributed by atoms with van der Waals surface area (Å²) in [6, 6.07) is 3.68. The van der Waals surface area contributed by atoms with Gasteiger partial charge in [-0.2, -0.15) is 0 Å². The molecule has 74 valence electrons. The van der Waals surface area contributed by atoms with Crippen molar-refractivity contribution < 1.29 is 13.6 Å². The molecular weight excluding hydrogens is 210 g/mol. The molecule has 0 aromatic heterocycles. The van der Waals surface area contributed by atoms with Gasteiger partial charge in [-0.3, -0.25) is 4.79 Å². The van der Waals surface area contributed by atoms with Crippen LogP contribution in [0.3, 0.4) is 0 Å². The molecule has 0 radical (unpaired) electrons. The van der Waals surface area contributed by atoms with E-state index >= 15 is 0 Å². The summed E-state index contributed by atoms with van der Waals surface area (Å²) >= 11 is 5.28. The Balaban J connectivity index is 2.20. The highest BCUT2D eigenvalue weighted by atomic mass is 35.5. The lowest BCUT2D eigenvalue weighted by atomic mass is 10.1. The second-order valence-corrected chi connectivity index (χ2v) is 3.80. The van der Waals surface area contributed by atoms with Crippen LogP contribution in [-0.4, -0.2) is 5.24 Å². The number of carbonyl (C=O) groups is 1. The van der Waals surface area contributed by atoms with Crippen LogP contribution in [0.4, 0.5) is 8.78 Å². The van der Waals surface area contributed by atoms with E-state index in [1.807, 2.05) is 0 Å². The molecule has 0 heterocycles. The van der Waals surface area contributed by atoms with E-state index in [1.54, 1.807) is 0 Å². The predicted molar refractivity (Wildman–Crippen MR) is 48.1 cm³/mol. The Morgan fingerprint density at radius 2 is 2.07 bits per heavy atom. The zero-order chi connectivity index (χ0) is 10.3.